The van der Waals surface area contributed by atoms with E-state index < -0.39 is 0 Å². The Morgan fingerprint density at radius 3 is 2.87 bits per heavy atom. The predicted molar refractivity (Wildman–Crippen MR) is 58.6 cm³/mol. The van der Waals surface area contributed by atoms with E-state index in [1.54, 1.807) is 0 Å². The van der Waals surface area contributed by atoms with E-state index in [4.69, 9.17) is 5.73 Å². The van der Waals surface area contributed by atoms with Crippen LogP contribution in [-0.2, 0) is 11.2 Å². The van der Waals surface area contributed by atoms with Gasteiger partial charge in [0, 0.05) is 18.3 Å². The lowest BCUT2D eigenvalue weighted by molar-refractivity contribution is -0.117. The Labute approximate surface area is 88.9 Å². The van der Waals surface area contributed by atoms with Crippen LogP contribution in [0.25, 0.3) is 0 Å². The summed E-state index contributed by atoms with van der Waals surface area (Å²) in [6.45, 7) is 0.803. The van der Waals surface area contributed by atoms with E-state index >= 15 is 0 Å². The predicted octanol–water partition coefficient (Wildman–Crippen LogP) is 0.923. The molecule has 1 saturated carbocycles. The summed E-state index contributed by atoms with van der Waals surface area (Å²) < 4.78 is 0. The fourth-order valence-corrected chi connectivity index (χ4v) is 2.23. The maximum absolute atomic E-state index is 11.8. The Balaban J connectivity index is 1.86. The maximum Gasteiger partial charge on any atom is 0.231 e. The van der Waals surface area contributed by atoms with Crippen molar-refractivity contribution in [3.05, 3.63) is 29.8 Å². The van der Waals surface area contributed by atoms with Crippen LogP contribution in [0.1, 0.15) is 12.0 Å². The summed E-state index contributed by atoms with van der Waals surface area (Å²) in [5, 5.41) is 0. The third-order valence-corrected chi connectivity index (χ3v) is 3.32. The first-order chi connectivity index (χ1) is 7.25. The summed E-state index contributed by atoms with van der Waals surface area (Å²) in [5.41, 5.74) is 8.01. The molecule has 3 heteroatoms. The van der Waals surface area contributed by atoms with Gasteiger partial charge in [-0.3, -0.25) is 4.79 Å². The van der Waals surface area contributed by atoms with Gasteiger partial charge >= 0.3 is 0 Å². The number of hydrogen-bond acceptors (Lipinski definition) is 2. The summed E-state index contributed by atoms with van der Waals surface area (Å²) in [5.74, 6) is 0.732. The third kappa shape index (κ3) is 1.43. The number of nitrogens with two attached hydrogens (primary N) is 1. The van der Waals surface area contributed by atoms with E-state index in [-0.39, 0.29) is 5.91 Å². The van der Waals surface area contributed by atoms with E-state index in [0.717, 1.165) is 24.2 Å². The molecule has 2 atom stereocenters. The molecular weight excluding hydrogens is 188 g/mol. The quantitative estimate of drug-likeness (QED) is 0.775. The summed E-state index contributed by atoms with van der Waals surface area (Å²) in [4.78, 5) is 13.7. The van der Waals surface area contributed by atoms with Crippen molar-refractivity contribution < 1.29 is 4.79 Å². The Hall–Kier alpha value is -1.35. The number of hydrogen-bond donors (Lipinski definition) is 1. The third-order valence-electron chi connectivity index (χ3n) is 3.32. The zero-order valence-electron chi connectivity index (χ0n) is 8.52. The van der Waals surface area contributed by atoms with Crippen molar-refractivity contribution in [1.29, 1.82) is 0 Å². The van der Waals surface area contributed by atoms with Crippen molar-refractivity contribution in [3.63, 3.8) is 0 Å². The second-order valence-corrected chi connectivity index (χ2v) is 4.47. The van der Waals surface area contributed by atoms with Crippen LogP contribution < -0.4 is 10.6 Å². The number of benzene rings is 1. The summed E-state index contributed by atoms with van der Waals surface area (Å²) >= 11 is 0. The minimum absolute atomic E-state index is 0.218. The van der Waals surface area contributed by atoms with E-state index in [0.29, 0.717) is 18.4 Å². The molecule has 3 nitrogen and oxygen atoms in total. The van der Waals surface area contributed by atoms with Crippen LogP contribution in [0.15, 0.2) is 24.3 Å². The Morgan fingerprint density at radius 2 is 2.13 bits per heavy atom. The zero-order valence-corrected chi connectivity index (χ0v) is 8.52. The molecule has 0 unspecified atom stereocenters. The molecule has 1 fully saturated rings. The van der Waals surface area contributed by atoms with Gasteiger partial charge in [0.1, 0.15) is 0 Å². The van der Waals surface area contributed by atoms with Crippen molar-refractivity contribution in [2.45, 2.75) is 18.9 Å². The zero-order chi connectivity index (χ0) is 10.4. The van der Waals surface area contributed by atoms with Gasteiger partial charge in [-0.2, -0.15) is 0 Å². The lowest BCUT2D eigenvalue weighted by Gasteiger charge is -2.16. The van der Waals surface area contributed by atoms with Crippen molar-refractivity contribution in [3.8, 4) is 0 Å². The Kier molecular flexibility index (Phi) is 1.83. The fraction of sp³-hybridized carbons (Fsp3) is 0.417. The molecule has 2 N–H and O–H groups in total. The first kappa shape index (κ1) is 8.92. The highest BCUT2D eigenvalue weighted by molar-refractivity contribution is 6.01. The number of para-hydroxylation sites is 1. The van der Waals surface area contributed by atoms with E-state index in [2.05, 4.69) is 0 Å². The highest BCUT2D eigenvalue weighted by Crippen LogP contribution is 2.34. The topological polar surface area (TPSA) is 46.3 Å². The molecule has 1 aromatic rings. The molecule has 3 rings (SSSR count). The number of fused-ring (bicyclic) bond motifs is 1. The molecule has 0 aromatic heterocycles. The number of anilines is 1. The maximum atomic E-state index is 11.8. The smallest absolute Gasteiger partial charge is 0.231 e. The van der Waals surface area contributed by atoms with Crippen molar-refractivity contribution >= 4 is 11.6 Å². The number of amides is 1. The molecule has 78 valence electrons. The molecule has 1 aromatic carbocycles. The van der Waals surface area contributed by atoms with Gasteiger partial charge in [0.05, 0.1) is 6.42 Å². The van der Waals surface area contributed by atoms with Crippen LogP contribution in [0, 0.1) is 5.92 Å². The SMILES string of the molecule is N[C@H]1C[C@H]1CN1C(=O)Cc2ccccc21. The van der Waals surface area contributed by atoms with Crippen LogP contribution in [0.5, 0.6) is 0 Å². The minimum atomic E-state index is 0.218. The van der Waals surface area contributed by atoms with Gasteiger partial charge < -0.3 is 10.6 Å². The van der Waals surface area contributed by atoms with Gasteiger partial charge in [-0.1, -0.05) is 18.2 Å². The van der Waals surface area contributed by atoms with E-state index in [1.165, 1.54) is 0 Å². The molecule has 0 radical (unpaired) electrons. The Morgan fingerprint density at radius 1 is 1.40 bits per heavy atom. The van der Waals surface area contributed by atoms with Gasteiger partial charge in [-0.05, 0) is 24.0 Å². The van der Waals surface area contributed by atoms with E-state index in [9.17, 15) is 4.79 Å². The van der Waals surface area contributed by atoms with Crippen LogP contribution in [0.3, 0.4) is 0 Å². The average molecular weight is 202 g/mol. The van der Waals surface area contributed by atoms with Crippen LogP contribution in [0.2, 0.25) is 0 Å². The number of carbonyl (C=O) groups is 1. The van der Waals surface area contributed by atoms with Gasteiger partial charge in [-0.25, -0.2) is 0 Å². The van der Waals surface area contributed by atoms with Crippen molar-refractivity contribution in [2.24, 2.45) is 11.7 Å². The lowest BCUT2D eigenvalue weighted by atomic mass is 10.2. The molecule has 1 heterocycles. The average Bonchev–Trinajstić information content (AvgIpc) is 2.82. The van der Waals surface area contributed by atoms with Crippen molar-refractivity contribution in [2.75, 3.05) is 11.4 Å². The number of rotatable bonds is 2. The molecular formula is C12H14N2O. The monoisotopic (exact) mass is 202 g/mol. The van der Waals surface area contributed by atoms with Crippen molar-refractivity contribution in [1.82, 2.24) is 0 Å². The molecule has 1 amide bonds. The van der Waals surface area contributed by atoms with Gasteiger partial charge in [-0.15, -0.1) is 0 Å². The molecule has 2 aliphatic rings. The lowest BCUT2D eigenvalue weighted by Crippen LogP contribution is -2.30. The van der Waals surface area contributed by atoms with Crippen LogP contribution >= 0.6 is 0 Å². The summed E-state index contributed by atoms with van der Waals surface area (Å²) in [7, 11) is 0. The molecule has 0 bridgehead atoms. The molecule has 0 saturated heterocycles. The largest absolute Gasteiger partial charge is 0.327 e. The molecule has 1 aliphatic heterocycles. The molecule has 1 aliphatic carbocycles. The highest BCUT2D eigenvalue weighted by Gasteiger charge is 2.38. The van der Waals surface area contributed by atoms with Gasteiger partial charge in [0.25, 0.3) is 0 Å². The highest BCUT2D eigenvalue weighted by atomic mass is 16.2. The first-order valence-corrected chi connectivity index (χ1v) is 5.39. The standard InChI is InChI=1S/C12H14N2O/c13-10-5-9(10)7-14-11-4-2-1-3-8(11)6-12(14)15/h1-4,9-10H,5-7,13H2/t9-,10-/m0/s1. The number of nitrogens with zero attached hydrogens (tertiary/aromatic N) is 1. The van der Waals surface area contributed by atoms with Crippen LogP contribution in [0.4, 0.5) is 5.69 Å². The van der Waals surface area contributed by atoms with Gasteiger partial charge in [0.2, 0.25) is 5.91 Å². The normalized spacial score (nSPS) is 28.1. The molecule has 15 heavy (non-hydrogen) atoms. The van der Waals surface area contributed by atoms with Gasteiger partial charge in [0.15, 0.2) is 0 Å². The van der Waals surface area contributed by atoms with Crippen LogP contribution in [-0.4, -0.2) is 18.5 Å². The van der Waals surface area contributed by atoms with E-state index in [1.807, 2.05) is 29.2 Å². The second kappa shape index (κ2) is 3.07. The first-order valence-electron chi connectivity index (χ1n) is 5.39. The fourth-order valence-electron chi connectivity index (χ4n) is 2.23. The Bertz CT molecular complexity index is 416. The molecule has 0 spiro atoms. The summed E-state index contributed by atoms with van der Waals surface area (Å²) in [6, 6.07) is 8.33. The number of carbonyl (C=O) groups excluding carboxylic acids is 1. The minimum Gasteiger partial charge on any atom is -0.327 e. The second-order valence-electron chi connectivity index (χ2n) is 4.47. The summed E-state index contributed by atoms with van der Waals surface area (Å²) in [6.07, 6.45) is 1.62.